The van der Waals surface area contributed by atoms with E-state index in [-0.39, 0.29) is 6.61 Å². The number of H-pyrrole nitrogens is 1. The summed E-state index contributed by atoms with van der Waals surface area (Å²) in [5.41, 5.74) is 3.07. The molecule has 3 aromatic carbocycles. The van der Waals surface area contributed by atoms with Crippen LogP contribution in [0.1, 0.15) is 28.6 Å². The summed E-state index contributed by atoms with van der Waals surface area (Å²) >= 11 is 4.42. The zero-order valence-corrected chi connectivity index (χ0v) is 23.9. The summed E-state index contributed by atoms with van der Waals surface area (Å²) in [4.78, 5) is 8.05. The van der Waals surface area contributed by atoms with Crippen LogP contribution in [-0.4, -0.2) is 33.9 Å². The maximum Gasteiger partial charge on any atom is 0.144 e. The standard InChI is InChI=1S/C28H28I2N2O4/c29-26-27(30)32-28(31-26)25(36-19-22-14-8-3-9-15-22)24(35-18-21-12-6-2-7-13-21)23(16-33)34-17-20-10-4-1-5-11-20/h1-15,23-25,33H,16-19H2,(H,31,32)/t23-,24+,25-/m1/s1. The Morgan fingerprint density at radius 3 is 1.61 bits per heavy atom. The van der Waals surface area contributed by atoms with Crippen LogP contribution in [0.4, 0.5) is 0 Å². The number of nitrogens with one attached hydrogen (secondary N) is 1. The van der Waals surface area contributed by atoms with Gasteiger partial charge in [-0.1, -0.05) is 91.0 Å². The molecule has 0 fully saturated rings. The molecule has 6 nitrogen and oxygen atoms in total. The normalized spacial score (nSPS) is 13.9. The fourth-order valence-corrected chi connectivity index (χ4v) is 4.55. The van der Waals surface area contributed by atoms with Crippen molar-refractivity contribution >= 4 is 45.2 Å². The van der Waals surface area contributed by atoms with Crippen LogP contribution in [0.3, 0.4) is 0 Å². The summed E-state index contributed by atoms with van der Waals surface area (Å²) in [6.07, 6.45) is -1.87. The average Bonchev–Trinajstić information content (AvgIpc) is 3.26. The largest absolute Gasteiger partial charge is 0.394 e. The Labute approximate surface area is 238 Å². The number of aliphatic hydroxyl groups is 1. The smallest absolute Gasteiger partial charge is 0.144 e. The highest BCUT2D eigenvalue weighted by molar-refractivity contribution is 14.1. The second-order valence-corrected chi connectivity index (χ2v) is 10.3. The molecule has 0 bridgehead atoms. The molecule has 3 atom stereocenters. The van der Waals surface area contributed by atoms with Crippen molar-refractivity contribution < 1.29 is 19.3 Å². The minimum Gasteiger partial charge on any atom is -0.394 e. The van der Waals surface area contributed by atoms with Gasteiger partial charge in [0, 0.05) is 0 Å². The fourth-order valence-electron chi connectivity index (χ4n) is 3.76. The van der Waals surface area contributed by atoms with E-state index in [9.17, 15) is 5.11 Å². The summed E-state index contributed by atoms with van der Waals surface area (Å²) in [5.74, 6) is 0.638. The summed E-state index contributed by atoms with van der Waals surface area (Å²) < 4.78 is 20.9. The van der Waals surface area contributed by atoms with Crippen LogP contribution in [-0.2, 0) is 34.0 Å². The average molecular weight is 710 g/mol. The molecule has 0 amide bonds. The number of imidazole rings is 1. The Kier molecular flexibility index (Phi) is 10.7. The molecule has 4 aromatic rings. The highest BCUT2D eigenvalue weighted by atomic mass is 127. The highest BCUT2D eigenvalue weighted by Crippen LogP contribution is 2.29. The third-order valence-electron chi connectivity index (χ3n) is 5.62. The molecule has 36 heavy (non-hydrogen) atoms. The molecule has 1 aromatic heterocycles. The van der Waals surface area contributed by atoms with Crippen molar-refractivity contribution in [1.82, 2.24) is 9.97 Å². The van der Waals surface area contributed by atoms with E-state index in [4.69, 9.17) is 19.2 Å². The molecular formula is C28H28I2N2O4. The van der Waals surface area contributed by atoms with E-state index < -0.39 is 18.3 Å². The van der Waals surface area contributed by atoms with Gasteiger partial charge in [-0.3, -0.25) is 0 Å². The van der Waals surface area contributed by atoms with Crippen molar-refractivity contribution in [3.05, 3.63) is 121 Å². The number of nitrogens with zero attached hydrogens (tertiary/aromatic N) is 1. The lowest BCUT2D eigenvalue weighted by atomic mass is 10.1. The molecule has 0 aliphatic rings. The number of halogens is 2. The van der Waals surface area contributed by atoms with Gasteiger partial charge in [-0.15, -0.1) is 0 Å². The maximum absolute atomic E-state index is 10.4. The monoisotopic (exact) mass is 710 g/mol. The molecule has 0 aliphatic carbocycles. The van der Waals surface area contributed by atoms with Gasteiger partial charge in [-0.2, -0.15) is 0 Å². The number of aliphatic hydroxyl groups excluding tert-OH is 1. The van der Waals surface area contributed by atoms with Gasteiger partial charge in [0.1, 0.15) is 31.5 Å². The first-order valence-electron chi connectivity index (χ1n) is 11.6. The van der Waals surface area contributed by atoms with E-state index in [1.165, 1.54) is 0 Å². The van der Waals surface area contributed by atoms with Crippen LogP contribution >= 0.6 is 45.2 Å². The number of benzene rings is 3. The predicted octanol–water partition coefficient (Wildman–Crippen LogP) is 6.04. The molecule has 188 valence electrons. The van der Waals surface area contributed by atoms with Crippen LogP contribution < -0.4 is 0 Å². The van der Waals surface area contributed by atoms with Crippen molar-refractivity contribution in [2.45, 2.75) is 38.1 Å². The highest BCUT2D eigenvalue weighted by Gasteiger charge is 2.36. The molecule has 8 heteroatoms. The number of hydrogen-bond acceptors (Lipinski definition) is 5. The van der Waals surface area contributed by atoms with Gasteiger partial charge in [0.15, 0.2) is 0 Å². The lowest BCUT2D eigenvalue weighted by Gasteiger charge is -2.32. The first-order chi connectivity index (χ1) is 17.6. The Morgan fingerprint density at radius 1 is 0.694 bits per heavy atom. The quantitative estimate of drug-likeness (QED) is 0.166. The van der Waals surface area contributed by atoms with Gasteiger partial charge < -0.3 is 24.3 Å². The molecule has 0 saturated carbocycles. The Bertz CT molecular complexity index is 1160. The lowest BCUT2D eigenvalue weighted by Crippen LogP contribution is -2.40. The van der Waals surface area contributed by atoms with Crippen LogP contribution in [0, 0.1) is 7.40 Å². The minimum absolute atomic E-state index is 0.230. The van der Waals surface area contributed by atoms with E-state index in [0.717, 1.165) is 24.1 Å². The van der Waals surface area contributed by atoms with Crippen molar-refractivity contribution in [3.63, 3.8) is 0 Å². The predicted molar refractivity (Wildman–Crippen MR) is 155 cm³/mol. The minimum atomic E-state index is -0.643. The first-order valence-corrected chi connectivity index (χ1v) is 13.8. The molecule has 4 rings (SSSR count). The van der Waals surface area contributed by atoms with Crippen molar-refractivity contribution in [3.8, 4) is 0 Å². The zero-order chi connectivity index (χ0) is 25.2. The maximum atomic E-state index is 10.4. The number of hydrogen-bond donors (Lipinski definition) is 2. The van der Waals surface area contributed by atoms with E-state index >= 15 is 0 Å². The van der Waals surface area contributed by atoms with E-state index in [0.29, 0.717) is 25.6 Å². The van der Waals surface area contributed by atoms with Crippen molar-refractivity contribution in [1.29, 1.82) is 0 Å². The summed E-state index contributed by atoms with van der Waals surface area (Å²) in [6, 6.07) is 29.8. The van der Waals surface area contributed by atoms with E-state index in [1.54, 1.807) is 0 Å². The van der Waals surface area contributed by atoms with E-state index in [1.807, 2.05) is 91.0 Å². The SMILES string of the molecule is OC[C@@H](OCc1ccccc1)[C@H](OCc1ccccc1)[C@@H](OCc1ccccc1)c1nc(I)c(I)[nH]1. The second kappa shape index (κ2) is 14.2. The molecule has 1 heterocycles. The van der Waals surface area contributed by atoms with E-state index in [2.05, 4.69) is 50.2 Å². The molecule has 0 radical (unpaired) electrons. The Balaban J connectivity index is 1.62. The van der Waals surface area contributed by atoms with Crippen LogP contribution in [0.5, 0.6) is 0 Å². The first kappa shape index (κ1) is 27.2. The number of aromatic nitrogens is 2. The molecule has 0 spiro atoms. The summed E-state index contributed by atoms with van der Waals surface area (Å²) in [5, 5.41) is 10.4. The third kappa shape index (κ3) is 7.83. The summed E-state index contributed by atoms with van der Waals surface area (Å²) in [7, 11) is 0. The summed E-state index contributed by atoms with van der Waals surface area (Å²) in [6.45, 7) is 0.820. The molecule has 2 N–H and O–H groups in total. The van der Waals surface area contributed by atoms with Crippen LogP contribution in [0.15, 0.2) is 91.0 Å². The number of ether oxygens (including phenoxy) is 3. The van der Waals surface area contributed by atoms with Crippen LogP contribution in [0.2, 0.25) is 0 Å². The Hall–Kier alpha value is -1.83. The molecular weight excluding hydrogens is 682 g/mol. The topological polar surface area (TPSA) is 76.6 Å². The van der Waals surface area contributed by atoms with Crippen molar-refractivity contribution in [2.24, 2.45) is 0 Å². The van der Waals surface area contributed by atoms with Gasteiger partial charge in [0.2, 0.25) is 0 Å². The van der Waals surface area contributed by atoms with Gasteiger partial charge in [0.05, 0.1) is 26.4 Å². The van der Waals surface area contributed by atoms with Gasteiger partial charge in [0.25, 0.3) is 0 Å². The van der Waals surface area contributed by atoms with Crippen LogP contribution in [0.25, 0.3) is 0 Å². The zero-order valence-electron chi connectivity index (χ0n) is 19.6. The lowest BCUT2D eigenvalue weighted by molar-refractivity contribution is -0.165. The van der Waals surface area contributed by atoms with Crippen molar-refractivity contribution in [2.75, 3.05) is 6.61 Å². The molecule has 0 saturated heterocycles. The third-order valence-corrected chi connectivity index (χ3v) is 8.21. The second-order valence-electron chi connectivity index (χ2n) is 8.22. The molecule has 0 unspecified atom stereocenters. The van der Waals surface area contributed by atoms with Gasteiger partial charge in [-0.25, -0.2) is 4.98 Å². The Morgan fingerprint density at radius 2 is 1.17 bits per heavy atom. The van der Waals surface area contributed by atoms with Gasteiger partial charge in [-0.05, 0) is 61.9 Å². The number of rotatable bonds is 13. The van der Waals surface area contributed by atoms with Gasteiger partial charge >= 0.3 is 0 Å². The molecule has 0 aliphatic heterocycles. The number of aromatic amines is 1. The fraction of sp³-hybridized carbons (Fsp3) is 0.250.